The molecule has 0 fully saturated rings. The van der Waals surface area contributed by atoms with Gasteiger partial charge in [0.25, 0.3) is 0 Å². The molecular weight excluding hydrogens is 272 g/mol. The lowest BCUT2D eigenvalue weighted by atomic mass is 10.4. The van der Waals surface area contributed by atoms with Gasteiger partial charge < -0.3 is 5.73 Å². The molecule has 4 heteroatoms. The molecule has 2 rings (SSSR count). The Kier molecular flexibility index (Phi) is 3.28. The Morgan fingerprint density at radius 3 is 2.60 bits per heavy atom. The van der Waals surface area contributed by atoms with Crippen molar-refractivity contribution in [1.29, 1.82) is 0 Å². The summed E-state index contributed by atoms with van der Waals surface area (Å²) >= 11 is 5.10. The normalized spacial score (nSPS) is 10.2. The smallest absolute Gasteiger partial charge is 0.101 e. The minimum absolute atomic E-state index is 0.687. The number of nitrogens with two attached hydrogens (primary N) is 1. The lowest BCUT2D eigenvalue weighted by Gasteiger charge is -2.02. The Morgan fingerprint density at radius 2 is 1.93 bits per heavy atom. The highest BCUT2D eigenvalue weighted by Crippen LogP contribution is 2.31. The molecule has 0 saturated heterocycles. The summed E-state index contributed by atoms with van der Waals surface area (Å²) in [5.41, 5.74) is 6.26. The van der Waals surface area contributed by atoms with Crippen molar-refractivity contribution in [2.75, 3.05) is 5.73 Å². The molecule has 2 nitrogen and oxygen atoms in total. The number of halogens is 1. The number of rotatable bonds is 2. The zero-order valence-electron chi connectivity index (χ0n) is 7.85. The van der Waals surface area contributed by atoms with E-state index in [1.807, 2.05) is 36.4 Å². The Morgan fingerprint density at radius 1 is 1.13 bits per heavy atom. The third kappa shape index (κ3) is 2.73. The fourth-order valence-corrected chi connectivity index (χ4v) is 2.40. The second-order valence-electron chi connectivity index (χ2n) is 2.96. The molecule has 76 valence electrons. The molecule has 0 aliphatic carbocycles. The maximum Gasteiger partial charge on any atom is 0.101 e. The van der Waals surface area contributed by atoms with Crippen LogP contribution in [0.2, 0.25) is 0 Å². The minimum atomic E-state index is 0.687. The fraction of sp³-hybridized carbons (Fsp3) is 0. The van der Waals surface area contributed by atoms with Crippen LogP contribution in [0.5, 0.6) is 0 Å². The number of hydrogen-bond donors (Lipinski definition) is 1. The monoisotopic (exact) mass is 280 g/mol. The van der Waals surface area contributed by atoms with Gasteiger partial charge in [0.05, 0.1) is 11.9 Å². The van der Waals surface area contributed by atoms with E-state index in [-0.39, 0.29) is 0 Å². The Balaban J connectivity index is 2.22. The second-order valence-corrected chi connectivity index (χ2v) is 4.88. The molecule has 1 aromatic heterocycles. The quantitative estimate of drug-likeness (QED) is 0.914. The van der Waals surface area contributed by atoms with Crippen LogP contribution in [0.1, 0.15) is 0 Å². The summed E-state index contributed by atoms with van der Waals surface area (Å²) in [6.45, 7) is 0. The van der Waals surface area contributed by atoms with Crippen LogP contribution in [0.25, 0.3) is 0 Å². The molecule has 0 radical (unpaired) electrons. The molecule has 0 aliphatic rings. The van der Waals surface area contributed by atoms with Gasteiger partial charge in [0.2, 0.25) is 0 Å². The molecule has 0 aliphatic heterocycles. The third-order valence-electron chi connectivity index (χ3n) is 1.81. The highest BCUT2D eigenvalue weighted by molar-refractivity contribution is 9.10. The van der Waals surface area contributed by atoms with Crippen LogP contribution in [0, 0.1) is 0 Å². The van der Waals surface area contributed by atoms with E-state index < -0.39 is 0 Å². The van der Waals surface area contributed by atoms with E-state index >= 15 is 0 Å². The van der Waals surface area contributed by atoms with Gasteiger partial charge in [-0.05, 0) is 40.2 Å². The summed E-state index contributed by atoms with van der Waals surface area (Å²) in [5.74, 6) is 0. The van der Waals surface area contributed by atoms with Crippen molar-refractivity contribution in [3.8, 4) is 0 Å². The zero-order chi connectivity index (χ0) is 10.7. The molecular formula is C11H9BrN2S. The van der Waals surface area contributed by atoms with Crippen LogP contribution in [-0.2, 0) is 0 Å². The van der Waals surface area contributed by atoms with E-state index in [0.29, 0.717) is 5.69 Å². The highest BCUT2D eigenvalue weighted by atomic mass is 79.9. The summed E-state index contributed by atoms with van der Waals surface area (Å²) in [7, 11) is 0. The predicted octanol–water partition coefficient (Wildman–Crippen LogP) is 3.58. The Labute approximate surface area is 101 Å². The molecule has 2 aromatic rings. The number of nitrogens with zero attached hydrogens (tertiary/aromatic N) is 1. The van der Waals surface area contributed by atoms with Crippen molar-refractivity contribution < 1.29 is 0 Å². The number of aromatic nitrogens is 1. The van der Waals surface area contributed by atoms with Crippen molar-refractivity contribution in [3.05, 3.63) is 47.1 Å². The number of benzene rings is 1. The van der Waals surface area contributed by atoms with E-state index in [1.54, 1.807) is 18.0 Å². The molecule has 15 heavy (non-hydrogen) atoms. The first-order valence-electron chi connectivity index (χ1n) is 4.39. The predicted molar refractivity (Wildman–Crippen MR) is 66.9 cm³/mol. The van der Waals surface area contributed by atoms with Gasteiger partial charge in [-0.2, -0.15) is 0 Å². The van der Waals surface area contributed by atoms with Crippen molar-refractivity contribution in [3.63, 3.8) is 0 Å². The Hall–Kier alpha value is -1.000. The number of pyridine rings is 1. The third-order valence-corrected chi connectivity index (χ3v) is 3.79. The van der Waals surface area contributed by atoms with Crippen LogP contribution in [-0.4, -0.2) is 4.98 Å². The first kappa shape index (κ1) is 10.5. The number of anilines is 1. The molecule has 2 N–H and O–H groups in total. The molecule has 1 heterocycles. The fourth-order valence-electron chi connectivity index (χ4n) is 1.09. The second kappa shape index (κ2) is 4.68. The van der Waals surface area contributed by atoms with Crippen LogP contribution < -0.4 is 5.73 Å². The van der Waals surface area contributed by atoms with Crippen LogP contribution in [0.3, 0.4) is 0 Å². The van der Waals surface area contributed by atoms with Gasteiger partial charge in [-0.15, -0.1) is 0 Å². The maximum atomic E-state index is 5.57. The average molecular weight is 281 g/mol. The zero-order valence-corrected chi connectivity index (χ0v) is 10.3. The van der Waals surface area contributed by atoms with Crippen molar-refractivity contribution in [2.24, 2.45) is 0 Å². The van der Waals surface area contributed by atoms with Crippen molar-refractivity contribution >= 4 is 33.4 Å². The maximum absolute atomic E-state index is 5.57. The summed E-state index contributed by atoms with van der Waals surface area (Å²) in [6.07, 6.45) is 1.67. The van der Waals surface area contributed by atoms with Crippen LogP contribution in [0.15, 0.2) is 57.0 Å². The lowest BCUT2D eigenvalue weighted by Crippen LogP contribution is -1.86. The topological polar surface area (TPSA) is 38.9 Å². The highest BCUT2D eigenvalue weighted by Gasteiger charge is 2.01. The van der Waals surface area contributed by atoms with Gasteiger partial charge >= 0.3 is 0 Å². The van der Waals surface area contributed by atoms with E-state index in [0.717, 1.165) is 14.4 Å². The van der Waals surface area contributed by atoms with E-state index in [9.17, 15) is 0 Å². The average Bonchev–Trinajstić information content (AvgIpc) is 2.25. The van der Waals surface area contributed by atoms with Crippen LogP contribution >= 0.6 is 27.7 Å². The van der Waals surface area contributed by atoms with Crippen molar-refractivity contribution in [1.82, 2.24) is 4.98 Å². The van der Waals surface area contributed by atoms with Gasteiger partial charge in [-0.25, -0.2) is 4.98 Å². The largest absolute Gasteiger partial charge is 0.397 e. The summed E-state index contributed by atoms with van der Waals surface area (Å²) in [6, 6.07) is 11.8. The minimum Gasteiger partial charge on any atom is -0.397 e. The molecule has 0 amide bonds. The van der Waals surface area contributed by atoms with E-state index in [1.165, 1.54) is 0 Å². The molecule has 0 bridgehead atoms. The first-order chi connectivity index (χ1) is 7.25. The molecule has 1 aromatic carbocycles. The SMILES string of the molecule is Nc1ccc(Sc2ccccc2Br)nc1. The lowest BCUT2D eigenvalue weighted by molar-refractivity contribution is 1.13. The number of nitrogen functional groups attached to an aromatic ring is 1. The molecule has 0 unspecified atom stereocenters. The molecule has 0 saturated carbocycles. The van der Waals surface area contributed by atoms with Gasteiger partial charge in [-0.3, -0.25) is 0 Å². The summed E-state index contributed by atoms with van der Waals surface area (Å²) < 4.78 is 1.08. The molecule has 0 spiro atoms. The molecule has 0 atom stereocenters. The number of hydrogen-bond acceptors (Lipinski definition) is 3. The Bertz CT molecular complexity index is 456. The van der Waals surface area contributed by atoms with Crippen LogP contribution in [0.4, 0.5) is 5.69 Å². The standard InChI is InChI=1S/C11H9BrN2S/c12-9-3-1-2-4-10(9)15-11-6-5-8(13)7-14-11/h1-7H,13H2. The summed E-state index contributed by atoms with van der Waals surface area (Å²) in [4.78, 5) is 5.38. The van der Waals surface area contributed by atoms with Crippen molar-refractivity contribution in [2.45, 2.75) is 9.92 Å². The van der Waals surface area contributed by atoms with E-state index in [2.05, 4.69) is 20.9 Å². The van der Waals surface area contributed by atoms with E-state index in [4.69, 9.17) is 5.73 Å². The first-order valence-corrected chi connectivity index (χ1v) is 6.00. The van der Waals surface area contributed by atoms with Gasteiger partial charge in [0, 0.05) is 9.37 Å². The summed E-state index contributed by atoms with van der Waals surface area (Å²) in [5, 5.41) is 0.941. The van der Waals surface area contributed by atoms with Gasteiger partial charge in [-0.1, -0.05) is 23.9 Å². The van der Waals surface area contributed by atoms with Gasteiger partial charge in [0.1, 0.15) is 5.03 Å². The van der Waals surface area contributed by atoms with Gasteiger partial charge in [0.15, 0.2) is 0 Å².